The van der Waals surface area contributed by atoms with Gasteiger partial charge in [-0.2, -0.15) is 0 Å². The molecule has 1 aromatic heterocycles. The second kappa shape index (κ2) is 11.7. The number of furan rings is 1. The van der Waals surface area contributed by atoms with Gasteiger partial charge in [0.2, 0.25) is 0 Å². The zero-order valence-corrected chi connectivity index (χ0v) is 31.2. The Kier molecular flexibility index (Phi) is 6.76. The van der Waals surface area contributed by atoms with Crippen molar-refractivity contribution in [3.05, 3.63) is 210 Å². The van der Waals surface area contributed by atoms with E-state index in [1.807, 2.05) is 0 Å². The van der Waals surface area contributed by atoms with E-state index >= 15 is 0 Å². The molecule has 1 heterocycles. The third-order valence-electron chi connectivity index (χ3n) is 12.6. The summed E-state index contributed by atoms with van der Waals surface area (Å²) in [5.74, 6) is 0. The van der Waals surface area contributed by atoms with Gasteiger partial charge in [-0.25, -0.2) is 0 Å². The first-order valence-corrected chi connectivity index (χ1v) is 19.3. The first-order valence-electron chi connectivity index (χ1n) is 19.3. The van der Waals surface area contributed by atoms with Gasteiger partial charge in [-0.15, -0.1) is 0 Å². The second-order valence-corrected chi connectivity index (χ2v) is 15.8. The van der Waals surface area contributed by atoms with Crippen LogP contribution >= 0.6 is 0 Å². The number of nitrogens with zero attached hydrogens (tertiary/aromatic N) is 1. The topological polar surface area (TPSA) is 16.4 Å². The summed E-state index contributed by atoms with van der Waals surface area (Å²) in [6.45, 7) is 7.13. The number of rotatable bonds is 5. The molecule has 262 valence electrons. The lowest BCUT2D eigenvalue weighted by atomic mass is 9.73. The lowest BCUT2D eigenvalue weighted by molar-refractivity contribution is 0.660. The average Bonchev–Trinajstić information content (AvgIpc) is 3.81. The smallest absolute Gasteiger partial charge is 0.135 e. The quantitative estimate of drug-likeness (QED) is 0.177. The van der Waals surface area contributed by atoms with Crippen LogP contribution in [0.5, 0.6) is 0 Å². The highest BCUT2D eigenvalue weighted by Gasteiger charge is 2.43. The van der Waals surface area contributed by atoms with E-state index in [1.54, 1.807) is 0 Å². The molecular weight excluding hydrogens is 667 g/mol. The van der Waals surface area contributed by atoms with Gasteiger partial charge in [-0.05, 0) is 111 Å². The van der Waals surface area contributed by atoms with Gasteiger partial charge in [0, 0.05) is 33.0 Å². The number of hydrogen-bond acceptors (Lipinski definition) is 2. The van der Waals surface area contributed by atoms with Crippen LogP contribution in [0.4, 0.5) is 17.1 Å². The molecular formula is C53H39NO. The van der Waals surface area contributed by atoms with Gasteiger partial charge in [0.1, 0.15) is 11.2 Å². The summed E-state index contributed by atoms with van der Waals surface area (Å²) in [5, 5.41) is 2.23. The monoisotopic (exact) mass is 705 g/mol. The van der Waals surface area contributed by atoms with Gasteiger partial charge < -0.3 is 9.32 Å². The molecule has 2 aliphatic carbocycles. The number of benzene rings is 8. The van der Waals surface area contributed by atoms with E-state index in [0.29, 0.717) is 0 Å². The van der Waals surface area contributed by atoms with Crippen molar-refractivity contribution in [3.8, 4) is 33.4 Å². The number of hydrogen-bond donors (Lipinski definition) is 0. The van der Waals surface area contributed by atoms with Gasteiger partial charge >= 0.3 is 0 Å². The Morgan fingerprint density at radius 1 is 0.382 bits per heavy atom. The molecule has 11 rings (SSSR count). The Morgan fingerprint density at radius 2 is 0.927 bits per heavy atom. The summed E-state index contributed by atoms with van der Waals surface area (Å²) in [4.78, 5) is 2.50. The summed E-state index contributed by atoms with van der Waals surface area (Å²) in [6, 6.07) is 66.8. The zero-order valence-electron chi connectivity index (χ0n) is 31.2. The SMILES string of the molecule is CC1(C)c2ccccc2-c2ccc(N(c3ccc(-c4ccccc4)cc3)c3cc4c(cc3C3(C)c5ccccc5-c5ccccc53)oc3ccccc34)cc21. The van der Waals surface area contributed by atoms with Gasteiger partial charge in [0.15, 0.2) is 0 Å². The fourth-order valence-corrected chi connectivity index (χ4v) is 9.78. The van der Waals surface area contributed by atoms with Crippen LogP contribution in [0.15, 0.2) is 186 Å². The van der Waals surface area contributed by atoms with Crippen LogP contribution in [0.25, 0.3) is 55.3 Å². The number of anilines is 3. The van der Waals surface area contributed by atoms with E-state index < -0.39 is 5.41 Å². The van der Waals surface area contributed by atoms with Crippen LogP contribution in [0, 0.1) is 0 Å². The molecule has 0 spiro atoms. The summed E-state index contributed by atoms with van der Waals surface area (Å²) in [6.07, 6.45) is 0. The molecule has 0 radical (unpaired) electrons. The van der Waals surface area contributed by atoms with E-state index in [9.17, 15) is 0 Å². The van der Waals surface area contributed by atoms with Crippen molar-refractivity contribution >= 4 is 39.0 Å². The highest BCUT2D eigenvalue weighted by molar-refractivity contribution is 6.08. The van der Waals surface area contributed by atoms with Crippen LogP contribution in [-0.2, 0) is 10.8 Å². The highest BCUT2D eigenvalue weighted by Crippen LogP contribution is 2.57. The van der Waals surface area contributed by atoms with Gasteiger partial charge in [0.05, 0.1) is 5.69 Å². The zero-order chi connectivity index (χ0) is 36.9. The molecule has 0 atom stereocenters. The molecule has 2 nitrogen and oxygen atoms in total. The maximum Gasteiger partial charge on any atom is 0.135 e. The van der Waals surface area contributed by atoms with Crippen molar-refractivity contribution in [2.45, 2.75) is 31.6 Å². The van der Waals surface area contributed by atoms with E-state index in [0.717, 1.165) is 39.0 Å². The fourth-order valence-electron chi connectivity index (χ4n) is 9.78. The largest absolute Gasteiger partial charge is 0.456 e. The van der Waals surface area contributed by atoms with Gasteiger partial charge in [-0.3, -0.25) is 0 Å². The normalized spacial score (nSPS) is 14.4. The number of fused-ring (bicyclic) bond motifs is 9. The summed E-state index contributed by atoms with van der Waals surface area (Å²) in [5.41, 5.74) is 18.7. The maximum absolute atomic E-state index is 6.69. The summed E-state index contributed by atoms with van der Waals surface area (Å²) >= 11 is 0. The van der Waals surface area contributed by atoms with Crippen LogP contribution < -0.4 is 4.90 Å². The van der Waals surface area contributed by atoms with Crippen LogP contribution in [0.1, 0.15) is 48.6 Å². The van der Waals surface area contributed by atoms with Crippen LogP contribution in [0.3, 0.4) is 0 Å². The Bertz CT molecular complexity index is 2920. The van der Waals surface area contributed by atoms with Crippen molar-refractivity contribution < 1.29 is 4.42 Å². The van der Waals surface area contributed by atoms with Crippen molar-refractivity contribution in [2.75, 3.05) is 4.90 Å². The lowest BCUT2D eigenvalue weighted by Gasteiger charge is -2.36. The predicted octanol–water partition coefficient (Wildman–Crippen LogP) is 14.4. The molecule has 0 N–H and O–H groups in total. The maximum atomic E-state index is 6.69. The third kappa shape index (κ3) is 4.55. The van der Waals surface area contributed by atoms with E-state index in [1.165, 1.54) is 61.2 Å². The predicted molar refractivity (Wildman–Crippen MR) is 229 cm³/mol. The van der Waals surface area contributed by atoms with E-state index in [2.05, 4.69) is 208 Å². The minimum absolute atomic E-state index is 0.145. The Hall–Kier alpha value is -6.64. The van der Waals surface area contributed by atoms with Gasteiger partial charge in [0.25, 0.3) is 0 Å². The molecule has 0 fully saturated rings. The first kappa shape index (κ1) is 31.8. The molecule has 0 saturated heterocycles. The first-order chi connectivity index (χ1) is 26.9. The molecule has 0 aliphatic heterocycles. The fraction of sp³-hybridized carbons (Fsp3) is 0.0943. The Balaban J connectivity index is 1.22. The molecule has 8 aromatic carbocycles. The molecule has 0 unspecified atom stereocenters. The Labute approximate surface area is 322 Å². The Morgan fingerprint density at radius 3 is 1.64 bits per heavy atom. The van der Waals surface area contributed by atoms with E-state index in [-0.39, 0.29) is 5.41 Å². The molecule has 0 saturated carbocycles. The van der Waals surface area contributed by atoms with Crippen molar-refractivity contribution in [2.24, 2.45) is 0 Å². The number of para-hydroxylation sites is 1. The van der Waals surface area contributed by atoms with Crippen LogP contribution in [-0.4, -0.2) is 0 Å². The highest BCUT2D eigenvalue weighted by atomic mass is 16.3. The third-order valence-corrected chi connectivity index (χ3v) is 12.6. The average molecular weight is 706 g/mol. The molecule has 9 aromatic rings. The molecule has 2 heteroatoms. The van der Waals surface area contributed by atoms with Gasteiger partial charge in [-0.1, -0.05) is 153 Å². The second-order valence-electron chi connectivity index (χ2n) is 15.8. The van der Waals surface area contributed by atoms with Crippen molar-refractivity contribution in [3.63, 3.8) is 0 Å². The standard InChI is InChI=1S/C53H39NO/c1-52(2)44-21-11-7-17-38(44)41-30-29-37(31-47(41)52)54(36-27-25-35(26-28-36)34-15-5-4-6-16-34)49-32-43-42-20-10-14-24-50(42)55-51(43)33-48(49)53(3)45-22-12-8-18-39(45)40-19-9-13-23-46(40)53/h4-33H,1-3H3. The minimum atomic E-state index is -0.468. The lowest BCUT2D eigenvalue weighted by Crippen LogP contribution is -2.26. The minimum Gasteiger partial charge on any atom is -0.456 e. The van der Waals surface area contributed by atoms with Crippen LogP contribution in [0.2, 0.25) is 0 Å². The molecule has 0 amide bonds. The molecule has 55 heavy (non-hydrogen) atoms. The van der Waals surface area contributed by atoms with Crippen molar-refractivity contribution in [1.82, 2.24) is 0 Å². The van der Waals surface area contributed by atoms with E-state index in [4.69, 9.17) is 4.42 Å². The molecule has 2 aliphatic rings. The summed E-state index contributed by atoms with van der Waals surface area (Å²) in [7, 11) is 0. The molecule has 0 bridgehead atoms. The van der Waals surface area contributed by atoms with Crippen molar-refractivity contribution in [1.29, 1.82) is 0 Å². The summed E-state index contributed by atoms with van der Waals surface area (Å²) < 4.78 is 6.69.